The monoisotopic (exact) mass is 353 g/mol. The summed E-state index contributed by atoms with van der Waals surface area (Å²) in [5.74, 6) is 1.06. The summed E-state index contributed by atoms with van der Waals surface area (Å²) in [5.41, 5.74) is 2.16. The van der Waals surface area contributed by atoms with Gasteiger partial charge in [-0.3, -0.25) is 14.7 Å². The van der Waals surface area contributed by atoms with E-state index in [1.807, 2.05) is 35.2 Å². The number of benzene rings is 1. The highest BCUT2D eigenvalue weighted by Crippen LogP contribution is 2.20. The molecule has 0 saturated carbocycles. The van der Waals surface area contributed by atoms with Crippen LogP contribution in [0.5, 0.6) is 5.75 Å². The van der Waals surface area contributed by atoms with Crippen LogP contribution in [0, 0.1) is 0 Å². The van der Waals surface area contributed by atoms with Crippen molar-refractivity contribution in [3.8, 4) is 5.75 Å². The maximum Gasteiger partial charge on any atom is 0.224 e. The number of aromatic nitrogens is 1. The Balaban J connectivity index is 1.71. The van der Waals surface area contributed by atoms with Crippen molar-refractivity contribution >= 4 is 5.91 Å². The minimum Gasteiger partial charge on any atom is -0.497 e. The zero-order valence-electron chi connectivity index (χ0n) is 15.6. The second-order valence-electron chi connectivity index (χ2n) is 6.74. The summed E-state index contributed by atoms with van der Waals surface area (Å²) in [7, 11) is 1.66. The van der Waals surface area contributed by atoms with Crippen LogP contribution in [-0.4, -0.2) is 46.9 Å². The van der Waals surface area contributed by atoms with Gasteiger partial charge in [-0.15, -0.1) is 0 Å². The summed E-state index contributed by atoms with van der Waals surface area (Å²) in [6.45, 7) is 5.21. The maximum atomic E-state index is 12.8. The Hall–Kier alpha value is -2.40. The fourth-order valence-electron chi connectivity index (χ4n) is 3.48. The Morgan fingerprint density at radius 2 is 2.00 bits per heavy atom. The highest BCUT2D eigenvalue weighted by atomic mass is 16.5. The minimum atomic E-state index is 0.218. The molecule has 5 heteroatoms. The van der Waals surface area contributed by atoms with Crippen molar-refractivity contribution in [3.05, 3.63) is 59.9 Å². The normalized spacial score (nSPS) is 18.6. The van der Waals surface area contributed by atoms with Gasteiger partial charge in [0.05, 0.1) is 12.8 Å². The molecule has 26 heavy (non-hydrogen) atoms. The first-order valence-electron chi connectivity index (χ1n) is 9.24. The summed E-state index contributed by atoms with van der Waals surface area (Å²) >= 11 is 0. The van der Waals surface area contributed by atoms with E-state index in [2.05, 4.69) is 28.9 Å². The molecule has 0 bridgehead atoms. The van der Waals surface area contributed by atoms with E-state index in [0.717, 1.165) is 37.5 Å². The van der Waals surface area contributed by atoms with Gasteiger partial charge in [-0.1, -0.05) is 37.3 Å². The highest BCUT2D eigenvalue weighted by molar-refractivity contribution is 5.77. The van der Waals surface area contributed by atoms with Crippen LogP contribution in [0.1, 0.15) is 31.0 Å². The lowest BCUT2D eigenvalue weighted by Crippen LogP contribution is -2.42. The fourth-order valence-corrected chi connectivity index (χ4v) is 3.48. The predicted molar refractivity (Wildman–Crippen MR) is 102 cm³/mol. The van der Waals surface area contributed by atoms with Crippen LogP contribution in [0.2, 0.25) is 0 Å². The van der Waals surface area contributed by atoms with Crippen molar-refractivity contribution in [3.63, 3.8) is 0 Å². The molecule has 0 N–H and O–H groups in total. The molecule has 2 heterocycles. The summed E-state index contributed by atoms with van der Waals surface area (Å²) in [6.07, 6.45) is 3.27. The molecule has 1 aromatic heterocycles. The van der Waals surface area contributed by atoms with E-state index >= 15 is 0 Å². The topological polar surface area (TPSA) is 45.7 Å². The molecule has 0 aliphatic carbocycles. The summed E-state index contributed by atoms with van der Waals surface area (Å²) in [6, 6.07) is 14.3. The second kappa shape index (κ2) is 8.81. The van der Waals surface area contributed by atoms with Crippen molar-refractivity contribution in [1.82, 2.24) is 14.8 Å². The first-order chi connectivity index (χ1) is 12.7. The lowest BCUT2D eigenvalue weighted by atomic mass is 10.1. The number of ether oxygens (including phenoxy) is 1. The first kappa shape index (κ1) is 18.4. The zero-order chi connectivity index (χ0) is 18.4. The largest absolute Gasteiger partial charge is 0.497 e. The fraction of sp³-hybridized carbons (Fsp3) is 0.429. The number of hydrogen-bond acceptors (Lipinski definition) is 4. The minimum absolute atomic E-state index is 0.218. The molecule has 0 radical (unpaired) electrons. The number of amides is 1. The van der Waals surface area contributed by atoms with Crippen LogP contribution in [0.25, 0.3) is 0 Å². The molecular formula is C21H27N3O2. The van der Waals surface area contributed by atoms with E-state index < -0.39 is 0 Å². The lowest BCUT2D eigenvalue weighted by molar-refractivity contribution is -0.133. The molecular weight excluding hydrogens is 326 g/mol. The van der Waals surface area contributed by atoms with Gasteiger partial charge in [0, 0.05) is 50.9 Å². The average molecular weight is 353 g/mol. The molecule has 0 spiro atoms. The number of nitrogens with zero attached hydrogens (tertiary/aromatic N) is 3. The molecule has 1 aliphatic rings. The molecule has 1 fully saturated rings. The molecule has 1 saturated heterocycles. The molecule has 138 valence electrons. The number of carbonyl (C=O) groups excluding carboxylic acids is 1. The molecule has 0 unspecified atom stereocenters. The number of pyridine rings is 1. The number of methoxy groups -OCH3 is 1. The molecule has 3 rings (SSSR count). The lowest BCUT2D eigenvalue weighted by Gasteiger charge is -2.31. The van der Waals surface area contributed by atoms with Crippen LogP contribution in [0.4, 0.5) is 0 Å². The van der Waals surface area contributed by atoms with Crippen molar-refractivity contribution < 1.29 is 9.53 Å². The van der Waals surface area contributed by atoms with Crippen LogP contribution in [-0.2, 0) is 17.9 Å². The summed E-state index contributed by atoms with van der Waals surface area (Å²) in [4.78, 5) is 21.6. The molecule has 1 atom stereocenters. The van der Waals surface area contributed by atoms with Gasteiger partial charge in [0.25, 0.3) is 0 Å². The summed E-state index contributed by atoms with van der Waals surface area (Å²) < 4.78 is 5.29. The van der Waals surface area contributed by atoms with Crippen LogP contribution in [0.3, 0.4) is 0 Å². The third kappa shape index (κ3) is 4.61. The van der Waals surface area contributed by atoms with E-state index in [-0.39, 0.29) is 11.9 Å². The quantitative estimate of drug-likeness (QED) is 0.801. The van der Waals surface area contributed by atoms with Gasteiger partial charge in [0.2, 0.25) is 5.91 Å². The van der Waals surface area contributed by atoms with E-state index in [1.54, 1.807) is 13.3 Å². The van der Waals surface area contributed by atoms with Gasteiger partial charge >= 0.3 is 0 Å². The van der Waals surface area contributed by atoms with Crippen LogP contribution >= 0.6 is 0 Å². The number of carbonyl (C=O) groups is 1. The van der Waals surface area contributed by atoms with Gasteiger partial charge < -0.3 is 9.64 Å². The van der Waals surface area contributed by atoms with E-state index in [1.165, 1.54) is 5.56 Å². The maximum absolute atomic E-state index is 12.8. The third-order valence-electron chi connectivity index (χ3n) is 4.95. The highest BCUT2D eigenvalue weighted by Gasteiger charge is 2.28. The Bertz CT molecular complexity index is 720. The average Bonchev–Trinajstić information content (AvgIpc) is 2.82. The van der Waals surface area contributed by atoms with Crippen molar-refractivity contribution in [2.45, 2.75) is 38.9 Å². The van der Waals surface area contributed by atoms with E-state index in [9.17, 15) is 4.79 Å². The first-order valence-corrected chi connectivity index (χ1v) is 9.24. The van der Waals surface area contributed by atoms with E-state index in [0.29, 0.717) is 13.0 Å². The Kier molecular flexibility index (Phi) is 6.23. The van der Waals surface area contributed by atoms with Crippen LogP contribution in [0.15, 0.2) is 48.7 Å². The van der Waals surface area contributed by atoms with E-state index in [4.69, 9.17) is 4.74 Å². The van der Waals surface area contributed by atoms with Crippen LogP contribution < -0.4 is 4.74 Å². The molecule has 1 amide bonds. The standard InChI is InChI=1S/C21H27N3O2/c1-3-19-16-23(15-18-13-20(26-2)9-11-22-18)12-10-21(25)24(19)14-17-7-5-4-6-8-17/h4-9,11,13,19H,3,10,12,14-16H2,1-2H3/t19-/m1/s1. The summed E-state index contributed by atoms with van der Waals surface area (Å²) in [5, 5.41) is 0. The Labute approximate surface area is 155 Å². The molecule has 2 aromatic rings. The van der Waals surface area contributed by atoms with Crippen molar-refractivity contribution in [2.75, 3.05) is 20.2 Å². The van der Waals surface area contributed by atoms with Crippen molar-refractivity contribution in [1.29, 1.82) is 0 Å². The Morgan fingerprint density at radius 3 is 2.73 bits per heavy atom. The predicted octanol–water partition coefficient (Wildman–Crippen LogP) is 3.10. The third-order valence-corrected chi connectivity index (χ3v) is 4.95. The number of rotatable bonds is 6. The molecule has 5 nitrogen and oxygen atoms in total. The van der Waals surface area contributed by atoms with Crippen molar-refractivity contribution in [2.24, 2.45) is 0 Å². The number of hydrogen-bond donors (Lipinski definition) is 0. The van der Waals surface area contributed by atoms with Gasteiger partial charge in [0.1, 0.15) is 5.75 Å². The SMILES string of the molecule is CC[C@@H]1CN(Cc2cc(OC)ccn2)CCC(=O)N1Cc1ccccc1. The van der Waals surface area contributed by atoms with Gasteiger partial charge in [-0.2, -0.15) is 0 Å². The smallest absolute Gasteiger partial charge is 0.224 e. The van der Waals surface area contributed by atoms with Gasteiger partial charge in [0.15, 0.2) is 0 Å². The van der Waals surface area contributed by atoms with Gasteiger partial charge in [-0.05, 0) is 18.1 Å². The zero-order valence-corrected chi connectivity index (χ0v) is 15.6. The molecule has 1 aliphatic heterocycles. The second-order valence-corrected chi connectivity index (χ2v) is 6.74. The molecule has 1 aromatic carbocycles. The van der Waals surface area contributed by atoms with Gasteiger partial charge in [-0.25, -0.2) is 0 Å². The Morgan fingerprint density at radius 1 is 1.19 bits per heavy atom.